The number of rotatable bonds is 15. The topological polar surface area (TPSA) is 149 Å². The lowest BCUT2D eigenvalue weighted by Crippen LogP contribution is -2.45. The minimum atomic E-state index is -1.13. The fourth-order valence-corrected chi connectivity index (χ4v) is 4.09. The van der Waals surface area contributed by atoms with Gasteiger partial charge in [0.25, 0.3) is 0 Å². The summed E-state index contributed by atoms with van der Waals surface area (Å²) in [5.41, 5.74) is 4.65. The standard InChI is InChI=1S/C30H40N4O8/c1-7-18(4)42-23-12-10-20(14-24(23)39-8-2)16-31-34-26(35)17-41-22-13-11-21(15-25(22)40-9-3)28-27(29(36)38-6)19(5)32-30(37)33-28/h10-16,18,26,28,34-35H,7-9,17H2,1-6H3,(H2,32,33,37)/b31-16-/t18-,26-,28+/m1/s1. The second-order valence-corrected chi connectivity index (χ2v) is 9.39. The molecule has 0 aromatic heterocycles. The largest absolute Gasteiger partial charge is 0.490 e. The molecule has 3 atom stereocenters. The van der Waals surface area contributed by atoms with Gasteiger partial charge in [-0.1, -0.05) is 13.0 Å². The van der Waals surface area contributed by atoms with E-state index in [1.807, 2.05) is 39.0 Å². The first-order chi connectivity index (χ1) is 20.2. The van der Waals surface area contributed by atoms with Gasteiger partial charge in [-0.05, 0) is 75.6 Å². The van der Waals surface area contributed by atoms with E-state index in [1.165, 1.54) is 7.11 Å². The number of hydrazone groups is 1. The Hall–Kier alpha value is -4.45. The number of ether oxygens (including phenoxy) is 5. The molecule has 0 bridgehead atoms. The fourth-order valence-electron chi connectivity index (χ4n) is 4.09. The predicted octanol–water partition coefficient (Wildman–Crippen LogP) is 3.78. The molecule has 2 amide bonds. The molecule has 0 radical (unpaired) electrons. The van der Waals surface area contributed by atoms with Crippen molar-refractivity contribution in [1.29, 1.82) is 0 Å². The van der Waals surface area contributed by atoms with E-state index in [9.17, 15) is 14.7 Å². The van der Waals surface area contributed by atoms with E-state index in [1.54, 1.807) is 31.3 Å². The van der Waals surface area contributed by atoms with Gasteiger partial charge in [-0.15, -0.1) is 0 Å². The summed E-state index contributed by atoms with van der Waals surface area (Å²) in [6.07, 6.45) is 1.36. The summed E-state index contributed by atoms with van der Waals surface area (Å²) in [5, 5.41) is 19.9. The van der Waals surface area contributed by atoms with Crippen molar-refractivity contribution in [2.75, 3.05) is 26.9 Å². The van der Waals surface area contributed by atoms with Crippen molar-refractivity contribution < 1.29 is 38.4 Å². The molecule has 0 spiro atoms. The summed E-state index contributed by atoms with van der Waals surface area (Å²) in [7, 11) is 1.28. The van der Waals surface area contributed by atoms with Crippen LogP contribution in [0.4, 0.5) is 4.79 Å². The normalized spacial score (nSPS) is 16.3. The zero-order chi connectivity index (χ0) is 30.6. The molecular formula is C30H40N4O8. The lowest BCUT2D eigenvalue weighted by molar-refractivity contribution is -0.136. The average molecular weight is 585 g/mol. The predicted molar refractivity (Wildman–Crippen MR) is 157 cm³/mol. The Morgan fingerprint density at radius 2 is 1.74 bits per heavy atom. The maximum Gasteiger partial charge on any atom is 0.337 e. The summed E-state index contributed by atoms with van der Waals surface area (Å²) in [5.74, 6) is 1.46. The number of hydrogen-bond acceptors (Lipinski definition) is 10. The Morgan fingerprint density at radius 1 is 1.05 bits per heavy atom. The molecule has 3 rings (SSSR count). The minimum absolute atomic E-state index is 0.0591. The number of allylic oxidation sites excluding steroid dienone is 1. The van der Waals surface area contributed by atoms with Crippen molar-refractivity contribution in [2.24, 2.45) is 5.10 Å². The Labute approximate surface area is 246 Å². The fraction of sp³-hybridized carbons (Fsp3) is 0.433. The van der Waals surface area contributed by atoms with Crippen LogP contribution in [0.5, 0.6) is 23.0 Å². The van der Waals surface area contributed by atoms with E-state index in [-0.39, 0.29) is 18.3 Å². The first kappa shape index (κ1) is 32.1. The highest BCUT2D eigenvalue weighted by Crippen LogP contribution is 2.35. The molecule has 42 heavy (non-hydrogen) atoms. The van der Waals surface area contributed by atoms with Crippen molar-refractivity contribution in [1.82, 2.24) is 16.1 Å². The van der Waals surface area contributed by atoms with E-state index in [0.717, 1.165) is 12.0 Å². The van der Waals surface area contributed by atoms with Gasteiger partial charge in [0.2, 0.25) is 0 Å². The number of esters is 1. The van der Waals surface area contributed by atoms with Gasteiger partial charge in [0.1, 0.15) is 6.61 Å². The van der Waals surface area contributed by atoms with Crippen molar-refractivity contribution in [2.45, 2.75) is 59.4 Å². The molecule has 4 N–H and O–H groups in total. The quantitative estimate of drug-likeness (QED) is 0.106. The number of aliphatic hydroxyl groups is 1. The Bertz CT molecular complexity index is 1300. The average Bonchev–Trinajstić information content (AvgIpc) is 2.97. The lowest BCUT2D eigenvalue weighted by Gasteiger charge is -2.28. The zero-order valence-corrected chi connectivity index (χ0v) is 24.9. The van der Waals surface area contributed by atoms with Crippen molar-refractivity contribution in [3.05, 3.63) is 58.8 Å². The Balaban J connectivity index is 1.67. The monoisotopic (exact) mass is 584 g/mol. The highest BCUT2D eigenvalue weighted by molar-refractivity contribution is 5.95. The second kappa shape index (κ2) is 15.5. The molecular weight excluding hydrogens is 544 g/mol. The first-order valence-corrected chi connectivity index (χ1v) is 13.9. The molecule has 1 heterocycles. The number of methoxy groups -OCH3 is 1. The smallest absolute Gasteiger partial charge is 0.337 e. The molecule has 0 aliphatic carbocycles. The van der Waals surface area contributed by atoms with Crippen LogP contribution >= 0.6 is 0 Å². The van der Waals surface area contributed by atoms with Gasteiger partial charge in [0.15, 0.2) is 29.2 Å². The number of carbonyl (C=O) groups excluding carboxylic acids is 2. The van der Waals surface area contributed by atoms with E-state index in [4.69, 9.17) is 23.7 Å². The number of nitrogens with zero attached hydrogens (tertiary/aromatic N) is 1. The number of urea groups is 1. The van der Waals surface area contributed by atoms with Crippen LogP contribution in [0.2, 0.25) is 0 Å². The van der Waals surface area contributed by atoms with E-state index >= 15 is 0 Å². The van der Waals surface area contributed by atoms with Crippen LogP contribution in [-0.4, -0.2) is 62.6 Å². The number of hydrogen-bond donors (Lipinski definition) is 4. The number of amides is 2. The van der Waals surface area contributed by atoms with Crippen molar-refractivity contribution >= 4 is 18.2 Å². The summed E-state index contributed by atoms with van der Waals surface area (Å²) >= 11 is 0. The number of aliphatic hydroxyl groups excluding tert-OH is 1. The molecule has 0 saturated heterocycles. The molecule has 2 aromatic carbocycles. The van der Waals surface area contributed by atoms with Crippen LogP contribution < -0.4 is 35.0 Å². The molecule has 12 heteroatoms. The van der Waals surface area contributed by atoms with Crippen LogP contribution in [0.25, 0.3) is 0 Å². The van der Waals surface area contributed by atoms with Crippen LogP contribution in [0, 0.1) is 0 Å². The third kappa shape index (κ3) is 8.53. The van der Waals surface area contributed by atoms with Gasteiger partial charge in [0.05, 0.1) is 44.3 Å². The number of nitrogens with one attached hydrogen (secondary N) is 3. The van der Waals surface area contributed by atoms with E-state index in [2.05, 4.69) is 28.1 Å². The van der Waals surface area contributed by atoms with E-state index < -0.39 is 24.3 Å². The second-order valence-electron chi connectivity index (χ2n) is 9.39. The van der Waals surface area contributed by atoms with Gasteiger partial charge in [-0.2, -0.15) is 5.10 Å². The van der Waals surface area contributed by atoms with Crippen LogP contribution in [-0.2, 0) is 9.53 Å². The van der Waals surface area contributed by atoms with Gasteiger partial charge < -0.3 is 39.4 Å². The van der Waals surface area contributed by atoms with Crippen LogP contribution in [0.15, 0.2) is 52.8 Å². The summed E-state index contributed by atoms with van der Waals surface area (Å²) in [6, 6.07) is 9.32. The van der Waals surface area contributed by atoms with Crippen LogP contribution in [0.1, 0.15) is 58.2 Å². The maximum atomic E-state index is 12.4. The molecule has 2 aromatic rings. The molecule has 228 valence electrons. The highest BCUT2D eigenvalue weighted by Gasteiger charge is 2.32. The summed E-state index contributed by atoms with van der Waals surface area (Å²) < 4.78 is 28.1. The maximum absolute atomic E-state index is 12.4. The van der Waals surface area contributed by atoms with Gasteiger partial charge in [0, 0.05) is 5.70 Å². The highest BCUT2D eigenvalue weighted by atomic mass is 16.5. The SMILES string of the molecule is CCOc1cc([C@@H]2NC(=O)NC(C)=C2C(=O)OC)ccc1OC[C@@H](O)N/N=C\c1ccc(O[C@H](C)CC)c(OCC)c1. The molecule has 1 aliphatic rings. The molecule has 0 unspecified atom stereocenters. The Morgan fingerprint density at radius 3 is 2.40 bits per heavy atom. The van der Waals surface area contributed by atoms with Crippen molar-refractivity contribution in [3.8, 4) is 23.0 Å². The third-order valence-corrected chi connectivity index (χ3v) is 6.28. The Kier molecular flexibility index (Phi) is 11.9. The van der Waals surface area contributed by atoms with Gasteiger partial charge in [-0.25, -0.2) is 9.59 Å². The first-order valence-electron chi connectivity index (χ1n) is 13.9. The third-order valence-electron chi connectivity index (χ3n) is 6.28. The zero-order valence-electron chi connectivity index (χ0n) is 24.9. The number of benzene rings is 2. The molecule has 1 aliphatic heterocycles. The van der Waals surface area contributed by atoms with Crippen molar-refractivity contribution in [3.63, 3.8) is 0 Å². The van der Waals surface area contributed by atoms with Crippen LogP contribution in [0.3, 0.4) is 0 Å². The summed E-state index contributed by atoms with van der Waals surface area (Å²) in [6.45, 7) is 10.1. The van der Waals surface area contributed by atoms with E-state index in [0.29, 0.717) is 47.5 Å². The molecule has 0 saturated carbocycles. The molecule has 0 fully saturated rings. The summed E-state index contributed by atoms with van der Waals surface area (Å²) in [4.78, 5) is 24.6. The van der Waals surface area contributed by atoms with Gasteiger partial charge >= 0.3 is 12.0 Å². The molecule has 12 nitrogen and oxygen atoms in total. The minimum Gasteiger partial charge on any atom is -0.490 e. The van der Waals surface area contributed by atoms with Gasteiger partial charge in [-0.3, -0.25) is 5.43 Å². The number of carbonyl (C=O) groups is 2. The lowest BCUT2D eigenvalue weighted by atomic mass is 9.95.